The summed E-state index contributed by atoms with van der Waals surface area (Å²) in [5.41, 5.74) is 0. The third kappa shape index (κ3) is 41.1. The number of carbonyl (C=O) groups excluding carboxylic acids is 2. The molecule has 0 rings (SSSR count). The standard InChI is InChI=1S/C46H77O10P/c1-3-5-7-9-11-13-15-17-19-20-21-22-24-26-28-30-32-34-36-38-46(50)56-44(42-55-57(51,52)54-40-43(48)39-47)41-53-45(49)37-35-33-31-29-27-25-23-18-16-14-12-10-8-6-4-2/h11-14,17-19,21-23,26,28,32,34,43-44,47-48H,3-10,15-16,20,24-25,27,29-31,33,35-42H2,1-2H3,(H,51,52)/b13-11-,14-12-,19-17-,22-21-,23-18-,28-26-,34-32-/t43-,44+/m0/s1. The molecule has 0 aliphatic rings. The Labute approximate surface area is 345 Å². The van der Waals surface area contributed by atoms with Crippen LogP contribution in [-0.2, 0) is 32.7 Å². The van der Waals surface area contributed by atoms with E-state index in [1.165, 1.54) is 44.9 Å². The van der Waals surface area contributed by atoms with Crippen LogP contribution in [0.15, 0.2) is 85.1 Å². The maximum Gasteiger partial charge on any atom is 0.472 e. The van der Waals surface area contributed by atoms with Crippen LogP contribution < -0.4 is 0 Å². The van der Waals surface area contributed by atoms with E-state index in [0.717, 1.165) is 70.6 Å². The lowest BCUT2D eigenvalue weighted by Gasteiger charge is -2.20. The fraction of sp³-hybridized carbons (Fsp3) is 0.652. The number of aliphatic hydroxyl groups is 2. The van der Waals surface area contributed by atoms with Crippen LogP contribution in [0, 0.1) is 0 Å². The number of rotatable bonds is 39. The number of hydrogen-bond donors (Lipinski definition) is 3. The molecule has 10 nitrogen and oxygen atoms in total. The van der Waals surface area contributed by atoms with E-state index in [1.54, 1.807) is 0 Å². The van der Waals surface area contributed by atoms with Crippen LogP contribution in [0.3, 0.4) is 0 Å². The molecule has 0 spiro atoms. The van der Waals surface area contributed by atoms with Gasteiger partial charge in [-0.05, 0) is 83.5 Å². The van der Waals surface area contributed by atoms with E-state index in [-0.39, 0.29) is 19.4 Å². The van der Waals surface area contributed by atoms with Gasteiger partial charge in [-0.2, -0.15) is 0 Å². The van der Waals surface area contributed by atoms with E-state index in [4.69, 9.17) is 19.1 Å². The second-order valence-electron chi connectivity index (χ2n) is 14.0. The number of ether oxygens (including phenoxy) is 2. The van der Waals surface area contributed by atoms with Crippen LogP contribution in [0.2, 0.25) is 0 Å². The summed E-state index contributed by atoms with van der Waals surface area (Å²) in [5, 5.41) is 18.3. The van der Waals surface area contributed by atoms with Gasteiger partial charge in [0.15, 0.2) is 6.10 Å². The van der Waals surface area contributed by atoms with E-state index in [9.17, 15) is 24.2 Å². The minimum Gasteiger partial charge on any atom is -0.462 e. The lowest BCUT2D eigenvalue weighted by molar-refractivity contribution is -0.161. The first-order valence-electron chi connectivity index (χ1n) is 21.5. The number of phosphoric acid groups is 1. The van der Waals surface area contributed by atoms with Crippen molar-refractivity contribution in [1.82, 2.24) is 0 Å². The van der Waals surface area contributed by atoms with Crippen LogP contribution in [0.1, 0.15) is 155 Å². The minimum atomic E-state index is -4.65. The summed E-state index contributed by atoms with van der Waals surface area (Å²) < 4.78 is 32.6. The predicted molar refractivity (Wildman–Crippen MR) is 233 cm³/mol. The zero-order valence-electron chi connectivity index (χ0n) is 35.3. The number of hydrogen-bond acceptors (Lipinski definition) is 9. The number of carbonyl (C=O) groups is 2. The molecular weight excluding hydrogens is 743 g/mol. The van der Waals surface area contributed by atoms with Gasteiger partial charge in [-0.15, -0.1) is 0 Å². The van der Waals surface area contributed by atoms with Gasteiger partial charge < -0.3 is 24.6 Å². The predicted octanol–water partition coefficient (Wildman–Crippen LogP) is 11.4. The van der Waals surface area contributed by atoms with E-state index in [2.05, 4.69) is 91.3 Å². The minimum absolute atomic E-state index is 0.0531. The Hall–Kier alpha value is -2.85. The molecule has 0 amide bonds. The van der Waals surface area contributed by atoms with Gasteiger partial charge in [0.25, 0.3) is 0 Å². The summed E-state index contributed by atoms with van der Waals surface area (Å²) in [6, 6.07) is 0. The molecule has 57 heavy (non-hydrogen) atoms. The Morgan fingerprint density at radius 1 is 0.526 bits per heavy atom. The Morgan fingerprint density at radius 2 is 0.947 bits per heavy atom. The molecule has 11 heteroatoms. The van der Waals surface area contributed by atoms with Crippen LogP contribution in [0.25, 0.3) is 0 Å². The molecular formula is C46H77O10P. The fourth-order valence-electron chi connectivity index (χ4n) is 5.18. The molecule has 0 aromatic rings. The number of unbranched alkanes of at least 4 members (excludes halogenated alkanes) is 11. The van der Waals surface area contributed by atoms with Gasteiger partial charge in [-0.3, -0.25) is 18.6 Å². The maximum absolute atomic E-state index is 12.6. The summed E-state index contributed by atoms with van der Waals surface area (Å²) in [5.74, 6) is -1.05. The van der Waals surface area contributed by atoms with Crippen molar-refractivity contribution in [3.8, 4) is 0 Å². The molecule has 326 valence electrons. The fourth-order valence-corrected chi connectivity index (χ4v) is 5.97. The Balaban J connectivity index is 4.48. The van der Waals surface area contributed by atoms with Gasteiger partial charge >= 0.3 is 19.8 Å². The molecule has 3 atom stereocenters. The summed E-state index contributed by atoms with van der Waals surface area (Å²) in [6.45, 7) is 2.20. The monoisotopic (exact) mass is 821 g/mol. The van der Waals surface area contributed by atoms with E-state index in [1.807, 2.05) is 12.2 Å². The maximum atomic E-state index is 12.6. The van der Waals surface area contributed by atoms with Crippen molar-refractivity contribution in [3.05, 3.63) is 85.1 Å². The third-order valence-corrected chi connectivity index (χ3v) is 9.49. The number of aliphatic hydroxyl groups excluding tert-OH is 2. The van der Waals surface area contributed by atoms with Gasteiger partial charge in [-0.1, -0.05) is 144 Å². The summed E-state index contributed by atoms with van der Waals surface area (Å²) in [6.07, 6.45) is 48.4. The largest absolute Gasteiger partial charge is 0.472 e. The van der Waals surface area contributed by atoms with Crippen LogP contribution >= 0.6 is 7.82 Å². The second-order valence-corrected chi connectivity index (χ2v) is 15.5. The molecule has 0 aliphatic heterocycles. The van der Waals surface area contributed by atoms with Gasteiger partial charge in [0.2, 0.25) is 0 Å². The first-order valence-corrected chi connectivity index (χ1v) is 23.0. The van der Waals surface area contributed by atoms with Crippen molar-refractivity contribution in [2.75, 3.05) is 26.4 Å². The molecule has 0 aromatic heterocycles. The highest BCUT2D eigenvalue weighted by atomic mass is 31.2. The molecule has 3 N–H and O–H groups in total. The average Bonchev–Trinajstić information content (AvgIpc) is 3.20. The molecule has 0 fully saturated rings. The normalized spacial score (nSPS) is 14.7. The molecule has 0 heterocycles. The summed E-state index contributed by atoms with van der Waals surface area (Å²) in [4.78, 5) is 34.9. The summed E-state index contributed by atoms with van der Waals surface area (Å²) >= 11 is 0. The molecule has 0 radical (unpaired) electrons. The van der Waals surface area contributed by atoms with Crippen molar-refractivity contribution < 1.29 is 47.8 Å². The van der Waals surface area contributed by atoms with E-state index < -0.39 is 51.8 Å². The number of esters is 2. The van der Waals surface area contributed by atoms with Crippen molar-refractivity contribution in [3.63, 3.8) is 0 Å². The molecule has 0 bridgehead atoms. The molecule has 0 saturated heterocycles. The quantitative estimate of drug-likeness (QED) is 0.0237. The van der Waals surface area contributed by atoms with Crippen LogP contribution in [0.4, 0.5) is 0 Å². The van der Waals surface area contributed by atoms with Crippen molar-refractivity contribution in [2.24, 2.45) is 0 Å². The third-order valence-electron chi connectivity index (χ3n) is 8.54. The highest BCUT2D eigenvalue weighted by molar-refractivity contribution is 7.47. The average molecular weight is 821 g/mol. The Morgan fingerprint density at radius 3 is 1.44 bits per heavy atom. The molecule has 0 saturated carbocycles. The first-order chi connectivity index (χ1) is 27.7. The zero-order chi connectivity index (χ0) is 41.9. The van der Waals surface area contributed by atoms with E-state index >= 15 is 0 Å². The van der Waals surface area contributed by atoms with Gasteiger partial charge in [0.05, 0.1) is 19.8 Å². The lowest BCUT2D eigenvalue weighted by Crippen LogP contribution is -2.29. The Bertz CT molecular complexity index is 1220. The smallest absolute Gasteiger partial charge is 0.462 e. The highest BCUT2D eigenvalue weighted by Gasteiger charge is 2.27. The topological polar surface area (TPSA) is 149 Å². The van der Waals surface area contributed by atoms with Crippen LogP contribution in [-0.4, -0.2) is 65.7 Å². The first kappa shape index (κ1) is 54.2. The van der Waals surface area contributed by atoms with Gasteiger partial charge in [0.1, 0.15) is 12.7 Å². The van der Waals surface area contributed by atoms with Crippen molar-refractivity contribution in [2.45, 2.75) is 167 Å². The van der Waals surface area contributed by atoms with Crippen molar-refractivity contribution in [1.29, 1.82) is 0 Å². The number of allylic oxidation sites excluding steroid dienone is 14. The highest BCUT2D eigenvalue weighted by Crippen LogP contribution is 2.43. The van der Waals surface area contributed by atoms with Gasteiger partial charge in [-0.25, -0.2) is 4.57 Å². The SMILES string of the molecule is CCCCC/C=C\C/C=C\C/C=C\C/C=C\C/C=C\CCC(=O)O[C@H](COC(=O)CCCCCCC/C=C\C/C=C\CCCCC)COP(=O)(O)OC[C@@H](O)CO. The molecule has 0 aromatic carbocycles. The molecule has 1 unspecified atom stereocenters. The Kier molecular flexibility index (Phi) is 39.2. The lowest BCUT2D eigenvalue weighted by atomic mass is 10.1. The number of phosphoric ester groups is 1. The van der Waals surface area contributed by atoms with Crippen molar-refractivity contribution >= 4 is 19.8 Å². The second kappa shape index (κ2) is 41.3. The summed E-state index contributed by atoms with van der Waals surface area (Å²) in [7, 11) is -4.65. The van der Waals surface area contributed by atoms with Gasteiger partial charge in [0, 0.05) is 12.8 Å². The zero-order valence-corrected chi connectivity index (χ0v) is 36.2. The van der Waals surface area contributed by atoms with E-state index in [0.29, 0.717) is 12.8 Å². The van der Waals surface area contributed by atoms with Crippen LogP contribution in [0.5, 0.6) is 0 Å². The molecule has 0 aliphatic carbocycles.